The maximum atomic E-state index is 13.9. The molecule has 0 saturated heterocycles. The summed E-state index contributed by atoms with van der Waals surface area (Å²) in [6, 6.07) is 13.4. The van der Waals surface area contributed by atoms with Crippen molar-refractivity contribution in [2.45, 2.75) is 17.6 Å². The van der Waals surface area contributed by atoms with Crippen LogP contribution in [0.15, 0.2) is 47.4 Å². The van der Waals surface area contributed by atoms with Gasteiger partial charge in [-0.2, -0.15) is 0 Å². The molecule has 1 aliphatic rings. The first-order chi connectivity index (χ1) is 9.75. The first-order valence-electron chi connectivity index (χ1n) is 6.55. The Morgan fingerprint density at radius 3 is 2.85 bits per heavy atom. The summed E-state index contributed by atoms with van der Waals surface area (Å²) in [5, 5.41) is 1.19. The Balaban J connectivity index is 2.11. The topological polar surface area (TPSA) is 12.9 Å². The summed E-state index contributed by atoms with van der Waals surface area (Å²) in [4.78, 5) is 5.50. The number of halogens is 1. The van der Waals surface area contributed by atoms with Crippen molar-refractivity contribution in [1.82, 2.24) is 4.98 Å². The molecule has 1 aliphatic heterocycles. The standard InChI is InChI=1S/C17H12FNS/c1-10-11-5-2-3-8-15(11)19-16-12-6-4-7-14(18)17(12)20-9-13(10)16/h2-8H,9H2,1H3. The number of para-hydroxylation sites is 1. The van der Waals surface area contributed by atoms with E-state index in [0.29, 0.717) is 0 Å². The first kappa shape index (κ1) is 11.9. The van der Waals surface area contributed by atoms with Gasteiger partial charge in [0.05, 0.1) is 16.1 Å². The molecule has 4 rings (SSSR count). The molecule has 1 aromatic heterocycles. The number of aromatic nitrogens is 1. The van der Waals surface area contributed by atoms with Crippen LogP contribution in [0.2, 0.25) is 0 Å². The summed E-state index contributed by atoms with van der Waals surface area (Å²) < 4.78 is 13.9. The van der Waals surface area contributed by atoms with Crippen molar-refractivity contribution in [3.05, 3.63) is 59.4 Å². The summed E-state index contributed by atoms with van der Waals surface area (Å²) in [5.41, 5.74) is 5.32. The molecule has 2 aromatic carbocycles. The van der Waals surface area contributed by atoms with Crippen LogP contribution in [0.3, 0.4) is 0 Å². The van der Waals surface area contributed by atoms with E-state index >= 15 is 0 Å². The van der Waals surface area contributed by atoms with Gasteiger partial charge in [-0.3, -0.25) is 0 Å². The maximum Gasteiger partial charge on any atom is 0.137 e. The number of thioether (sulfide) groups is 1. The van der Waals surface area contributed by atoms with Crippen LogP contribution in [0.5, 0.6) is 0 Å². The highest BCUT2D eigenvalue weighted by Crippen LogP contribution is 2.44. The predicted octanol–water partition coefficient (Wildman–Crippen LogP) is 4.96. The quantitative estimate of drug-likeness (QED) is 0.578. The highest BCUT2D eigenvalue weighted by molar-refractivity contribution is 7.98. The molecule has 1 nitrogen and oxygen atoms in total. The van der Waals surface area contributed by atoms with Crippen molar-refractivity contribution in [3.8, 4) is 11.3 Å². The third kappa shape index (κ3) is 1.59. The van der Waals surface area contributed by atoms with Crippen molar-refractivity contribution < 1.29 is 4.39 Å². The third-order valence-corrected chi connectivity index (χ3v) is 5.00. The van der Waals surface area contributed by atoms with Gasteiger partial charge >= 0.3 is 0 Å². The van der Waals surface area contributed by atoms with Crippen molar-refractivity contribution in [2.24, 2.45) is 0 Å². The van der Waals surface area contributed by atoms with Gasteiger partial charge in [-0.15, -0.1) is 11.8 Å². The van der Waals surface area contributed by atoms with Gasteiger partial charge in [0, 0.05) is 16.7 Å². The SMILES string of the molecule is Cc1c2c(nc3ccccc13)-c1cccc(F)c1SC2. The summed E-state index contributed by atoms with van der Waals surface area (Å²) in [6.07, 6.45) is 0. The van der Waals surface area contributed by atoms with Gasteiger partial charge in [-0.25, -0.2) is 9.37 Å². The third-order valence-electron chi connectivity index (χ3n) is 3.86. The van der Waals surface area contributed by atoms with Crippen molar-refractivity contribution in [2.75, 3.05) is 0 Å². The number of benzene rings is 2. The molecular weight excluding hydrogens is 269 g/mol. The van der Waals surface area contributed by atoms with Crippen molar-refractivity contribution >= 4 is 22.7 Å². The molecule has 0 radical (unpaired) electrons. The van der Waals surface area contributed by atoms with E-state index < -0.39 is 0 Å². The summed E-state index contributed by atoms with van der Waals surface area (Å²) in [6.45, 7) is 2.13. The highest BCUT2D eigenvalue weighted by atomic mass is 32.2. The van der Waals surface area contributed by atoms with E-state index in [1.54, 1.807) is 17.8 Å². The van der Waals surface area contributed by atoms with Crippen LogP contribution in [0, 0.1) is 12.7 Å². The zero-order valence-electron chi connectivity index (χ0n) is 11.0. The molecule has 0 atom stereocenters. The van der Waals surface area contributed by atoms with Crippen LogP contribution in [-0.4, -0.2) is 4.98 Å². The number of rotatable bonds is 0. The van der Waals surface area contributed by atoms with E-state index in [2.05, 4.69) is 13.0 Å². The average molecular weight is 281 g/mol. The minimum Gasteiger partial charge on any atom is -0.247 e. The normalized spacial score (nSPS) is 13.1. The van der Waals surface area contributed by atoms with Crippen LogP contribution >= 0.6 is 11.8 Å². The van der Waals surface area contributed by atoms with Gasteiger partial charge in [-0.05, 0) is 30.2 Å². The fraction of sp³-hybridized carbons (Fsp3) is 0.118. The Hall–Kier alpha value is -1.87. The van der Waals surface area contributed by atoms with Gasteiger partial charge in [0.1, 0.15) is 5.82 Å². The van der Waals surface area contributed by atoms with Crippen LogP contribution in [-0.2, 0) is 5.75 Å². The highest BCUT2D eigenvalue weighted by Gasteiger charge is 2.23. The second-order valence-corrected chi connectivity index (χ2v) is 5.97. The summed E-state index contributed by atoms with van der Waals surface area (Å²) in [5.74, 6) is 0.637. The largest absolute Gasteiger partial charge is 0.247 e. The van der Waals surface area contributed by atoms with Gasteiger partial charge in [0.25, 0.3) is 0 Å². The lowest BCUT2D eigenvalue weighted by Crippen LogP contribution is -2.04. The van der Waals surface area contributed by atoms with Crippen molar-refractivity contribution in [1.29, 1.82) is 0 Å². The molecule has 0 saturated carbocycles. The molecule has 0 N–H and O–H groups in total. The van der Waals surface area contributed by atoms with Gasteiger partial charge in [0.15, 0.2) is 0 Å². The molecule has 2 heterocycles. The Kier molecular flexibility index (Phi) is 2.57. The molecule has 0 bridgehead atoms. The number of pyridine rings is 1. The van der Waals surface area contributed by atoms with Crippen LogP contribution in [0.4, 0.5) is 4.39 Å². The molecule has 3 aromatic rings. The second-order valence-electron chi connectivity index (χ2n) is 4.99. The number of nitrogens with zero attached hydrogens (tertiary/aromatic N) is 1. The fourth-order valence-corrected chi connectivity index (χ4v) is 3.97. The van der Waals surface area contributed by atoms with Crippen LogP contribution < -0.4 is 0 Å². The van der Waals surface area contributed by atoms with E-state index in [1.807, 2.05) is 24.3 Å². The first-order valence-corrected chi connectivity index (χ1v) is 7.54. The lowest BCUT2D eigenvalue weighted by atomic mass is 9.98. The maximum absolute atomic E-state index is 13.9. The van der Waals surface area contributed by atoms with E-state index in [0.717, 1.165) is 27.4 Å². The van der Waals surface area contributed by atoms with E-state index in [4.69, 9.17) is 4.98 Å². The number of hydrogen-bond acceptors (Lipinski definition) is 2. The molecule has 0 aliphatic carbocycles. The molecule has 0 spiro atoms. The lowest BCUT2D eigenvalue weighted by molar-refractivity contribution is 0.602. The van der Waals surface area contributed by atoms with Crippen molar-refractivity contribution in [3.63, 3.8) is 0 Å². The monoisotopic (exact) mass is 281 g/mol. The second kappa shape index (κ2) is 4.32. The zero-order chi connectivity index (χ0) is 13.7. The number of fused-ring (bicyclic) bond motifs is 4. The van der Waals surface area contributed by atoms with E-state index in [-0.39, 0.29) is 5.82 Å². The molecule has 20 heavy (non-hydrogen) atoms. The van der Waals surface area contributed by atoms with Gasteiger partial charge in [0.2, 0.25) is 0 Å². The smallest absolute Gasteiger partial charge is 0.137 e. The lowest BCUT2D eigenvalue weighted by Gasteiger charge is -2.21. The Morgan fingerprint density at radius 1 is 1.10 bits per heavy atom. The van der Waals surface area contributed by atoms with Gasteiger partial charge < -0.3 is 0 Å². The molecule has 0 fully saturated rings. The molecule has 0 unspecified atom stereocenters. The predicted molar refractivity (Wildman–Crippen MR) is 81.4 cm³/mol. The molecular formula is C17H12FNS. The molecule has 0 amide bonds. The average Bonchev–Trinajstić information content (AvgIpc) is 2.48. The number of aryl methyl sites for hydroxylation is 1. The van der Waals surface area contributed by atoms with E-state index in [9.17, 15) is 4.39 Å². The number of hydrogen-bond donors (Lipinski definition) is 0. The minimum absolute atomic E-state index is 0.147. The molecule has 3 heteroatoms. The molecule has 98 valence electrons. The summed E-state index contributed by atoms with van der Waals surface area (Å²) in [7, 11) is 0. The Bertz CT molecular complexity index is 842. The van der Waals surface area contributed by atoms with Gasteiger partial charge in [-0.1, -0.05) is 30.3 Å². The Morgan fingerprint density at radius 2 is 1.95 bits per heavy atom. The van der Waals surface area contributed by atoms with E-state index in [1.165, 1.54) is 22.6 Å². The fourth-order valence-electron chi connectivity index (χ4n) is 2.80. The van der Waals surface area contributed by atoms with Crippen LogP contribution in [0.1, 0.15) is 11.1 Å². The van der Waals surface area contributed by atoms with Crippen LogP contribution in [0.25, 0.3) is 22.2 Å². The minimum atomic E-state index is -0.147. The summed E-state index contributed by atoms with van der Waals surface area (Å²) >= 11 is 1.57. The Labute approximate surface area is 120 Å². The zero-order valence-corrected chi connectivity index (χ0v) is 11.8.